The minimum absolute atomic E-state index is 0.597. The lowest BCUT2D eigenvalue weighted by molar-refractivity contribution is 0.921. The Kier molecular flexibility index (Phi) is 3.80. The second-order valence-electron chi connectivity index (χ2n) is 4.10. The molecule has 0 aromatic carbocycles. The largest absolute Gasteiger partial charge is 0.168 e. The van der Waals surface area contributed by atoms with Crippen molar-refractivity contribution in [1.29, 1.82) is 0 Å². The van der Waals surface area contributed by atoms with E-state index in [4.69, 9.17) is 6.42 Å². The highest BCUT2D eigenvalue weighted by Crippen LogP contribution is 2.36. The van der Waals surface area contributed by atoms with Crippen molar-refractivity contribution >= 4 is 8.07 Å². The first-order chi connectivity index (χ1) is 5.39. The Bertz CT molecular complexity index is 198. The molecule has 0 spiro atoms. The third kappa shape index (κ3) is 1.64. The molecular formula is C11H20Si. The van der Waals surface area contributed by atoms with Crippen LogP contribution in [0.15, 0.2) is 11.8 Å². The van der Waals surface area contributed by atoms with Crippen molar-refractivity contribution in [3.63, 3.8) is 0 Å². The summed E-state index contributed by atoms with van der Waals surface area (Å²) in [6, 6.07) is 0. The molecule has 0 fully saturated rings. The predicted octanol–water partition coefficient (Wildman–Crippen LogP) is 3.54. The lowest BCUT2D eigenvalue weighted by Gasteiger charge is -2.34. The van der Waals surface area contributed by atoms with Crippen LogP contribution < -0.4 is 0 Å². The van der Waals surface area contributed by atoms with Crippen molar-refractivity contribution in [1.82, 2.24) is 0 Å². The summed E-state index contributed by atoms with van der Waals surface area (Å²) in [7, 11) is -1.67. The first-order valence-electron chi connectivity index (χ1n) is 4.53. The van der Waals surface area contributed by atoms with E-state index in [0.29, 0.717) is 11.1 Å². The van der Waals surface area contributed by atoms with Gasteiger partial charge in [-0.1, -0.05) is 32.9 Å². The zero-order valence-corrected chi connectivity index (χ0v) is 9.94. The Balaban J connectivity index is 5.08. The van der Waals surface area contributed by atoms with Gasteiger partial charge in [0.25, 0.3) is 0 Å². The van der Waals surface area contributed by atoms with Gasteiger partial charge in [0.05, 0.1) is 0 Å². The summed E-state index contributed by atoms with van der Waals surface area (Å²) in [5.74, 6) is 0. The van der Waals surface area contributed by atoms with Gasteiger partial charge in [0.15, 0.2) is 8.07 Å². The molecule has 0 aliphatic carbocycles. The van der Waals surface area contributed by atoms with E-state index in [1.165, 1.54) is 5.20 Å². The van der Waals surface area contributed by atoms with Crippen LogP contribution in [-0.4, -0.2) is 8.07 Å². The maximum Gasteiger partial charge on any atom is 0.168 e. The molecular weight excluding hydrogens is 160 g/mol. The molecule has 0 rings (SSSR count). The van der Waals surface area contributed by atoms with Gasteiger partial charge in [-0.25, -0.2) is 0 Å². The van der Waals surface area contributed by atoms with E-state index in [0.717, 1.165) is 0 Å². The van der Waals surface area contributed by atoms with Gasteiger partial charge >= 0.3 is 0 Å². The molecule has 68 valence electrons. The van der Waals surface area contributed by atoms with Gasteiger partial charge in [-0.2, -0.15) is 0 Å². The van der Waals surface area contributed by atoms with Crippen LogP contribution in [0.2, 0.25) is 11.1 Å². The molecule has 0 N–H and O–H groups in total. The van der Waals surface area contributed by atoms with Gasteiger partial charge < -0.3 is 0 Å². The van der Waals surface area contributed by atoms with Gasteiger partial charge in [-0.3, -0.25) is 0 Å². The Labute approximate surface area is 78.1 Å². The van der Waals surface area contributed by atoms with Crippen LogP contribution in [0.5, 0.6) is 0 Å². The summed E-state index contributed by atoms with van der Waals surface area (Å²) < 4.78 is 0. The van der Waals surface area contributed by atoms with Crippen LogP contribution in [0.3, 0.4) is 0 Å². The lowest BCUT2D eigenvalue weighted by atomic mass is 10.5. The van der Waals surface area contributed by atoms with Crippen molar-refractivity contribution < 1.29 is 0 Å². The Hall–Kier alpha value is -0.483. The minimum Gasteiger partial charge on any atom is -0.129 e. The summed E-state index contributed by atoms with van der Waals surface area (Å²) in [6.07, 6.45) is 5.66. The first-order valence-corrected chi connectivity index (χ1v) is 6.68. The summed E-state index contributed by atoms with van der Waals surface area (Å²) >= 11 is 0. The van der Waals surface area contributed by atoms with Gasteiger partial charge in [-0.05, 0) is 18.0 Å². The molecule has 0 amide bonds. The van der Waals surface area contributed by atoms with E-state index < -0.39 is 8.07 Å². The second kappa shape index (κ2) is 3.96. The van der Waals surface area contributed by atoms with Crippen LogP contribution in [0, 0.1) is 12.0 Å². The Morgan fingerprint density at radius 1 is 1.25 bits per heavy atom. The molecule has 0 heterocycles. The number of allylic oxidation sites excluding steroid dienone is 1. The number of rotatable bonds is 3. The molecule has 12 heavy (non-hydrogen) atoms. The quantitative estimate of drug-likeness (QED) is 0.460. The predicted molar refractivity (Wildman–Crippen MR) is 59.6 cm³/mol. The van der Waals surface area contributed by atoms with Crippen LogP contribution in [0.1, 0.15) is 34.6 Å². The van der Waals surface area contributed by atoms with E-state index in [1.807, 2.05) is 0 Å². The molecule has 0 nitrogen and oxygen atoms in total. The third-order valence-electron chi connectivity index (χ3n) is 2.77. The van der Waals surface area contributed by atoms with Crippen molar-refractivity contribution in [3.8, 4) is 12.0 Å². The molecule has 0 saturated carbocycles. The van der Waals surface area contributed by atoms with Gasteiger partial charge in [0.1, 0.15) is 0 Å². The molecule has 0 aliphatic rings. The maximum absolute atomic E-state index is 5.66. The van der Waals surface area contributed by atoms with E-state index in [9.17, 15) is 0 Å². The molecule has 0 radical (unpaired) electrons. The Morgan fingerprint density at radius 2 is 1.58 bits per heavy atom. The van der Waals surface area contributed by atoms with E-state index in [2.05, 4.69) is 46.7 Å². The molecule has 0 saturated heterocycles. The topological polar surface area (TPSA) is 0 Å². The molecule has 0 aliphatic heterocycles. The average Bonchev–Trinajstić information content (AvgIpc) is 1.86. The molecule has 0 atom stereocenters. The molecule has 0 aromatic heterocycles. The van der Waals surface area contributed by atoms with E-state index in [1.54, 1.807) is 0 Å². The summed E-state index contributed by atoms with van der Waals surface area (Å²) in [5, 5.41) is 1.25. The fourth-order valence-corrected chi connectivity index (χ4v) is 6.33. The number of terminal acetylenes is 1. The highest BCUT2D eigenvalue weighted by molar-refractivity contribution is 6.95. The molecule has 0 bridgehead atoms. The summed E-state index contributed by atoms with van der Waals surface area (Å²) in [6.45, 7) is 15.0. The van der Waals surface area contributed by atoms with Crippen molar-refractivity contribution in [2.24, 2.45) is 0 Å². The molecule has 0 aromatic rings. The smallest absolute Gasteiger partial charge is 0.129 e. The standard InChI is InChI=1S/C11H20Si/c1-8-12(9(2)3,10(4)5)11(6)7/h1,10-11H,2H2,3-7H3. The first kappa shape index (κ1) is 11.5. The van der Waals surface area contributed by atoms with Crippen molar-refractivity contribution in [2.45, 2.75) is 45.7 Å². The fraction of sp³-hybridized carbons (Fsp3) is 0.636. The summed E-state index contributed by atoms with van der Waals surface area (Å²) in [4.78, 5) is 0. The van der Waals surface area contributed by atoms with Gasteiger partial charge in [-0.15, -0.1) is 18.5 Å². The highest BCUT2D eigenvalue weighted by atomic mass is 28.3. The van der Waals surface area contributed by atoms with Crippen molar-refractivity contribution in [2.75, 3.05) is 0 Å². The maximum atomic E-state index is 5.66. The fourth-order valence-electron chi connectivity index (χ4n) is 2.11. The van der Waals surface area contributed by atoms with E-state index in [-0.39, 0.29) is 0 Å². The van der Waals surface area contributed by atoms with Crippen LogP contribution in [0.25, 0.3) is 0 Å². The van der Waals surface area contributed by atoms with Crippen LogP contribution >= 0.6 is 0 Å². The number of hydrogen-bond acceptors (Lipinski definition) is 0. The summed E-state index contributed by atoms with van der Waals surface area (Å²) in [5.41, 5.74) is 4.25. The third-order valence-corrected chi connectivity index (χ3v) is 8.30. The second-order valence-corrected chi connectivity index (χ2v) is 9.29. The SMILES string of the molecule is C#C[Si](C(=C)C)(C(C)C)C(C)C. The average molecular weight is 180 g/mol. The highest BCUT2D eigenvalue weighted by Gasteiger charge is 2.39. The zero-order valence-electron chi connectivity index (χ0n) is 8.94. The lowest BCUT2D eigenvalue weighted by Crippen LogP contribution is -2.41. The normalized spacial score (nSPS) is 11.8. The minimum atomic E-state index is -1.67. The molecule has 1 heteroatoms. The van der Waals surface area contributed by atoms with Gasteiger partial charge in [0, 0.05) is 0 Å². The van der Waals surface area contributed by atoms with Crippen LogP contribution in [0.4, 0.5) is 0 Å². The monoisotopic (exact) mass is 180 g/mol. The molecule has 0 unspecified atom stereocenters. The Morgan fingerprint density at radius 3 is 1.58 bits per heavy atom. The van der Waals surface area contributed by atoms with Gasteiger partial charge in [0.2, 0.25) is 0 Å². The zero-order chi connectivity index (χ0) is 9.94. The van der Waals surface area contributed by atoms with Crippen LogP contribution in [-0.2, 0) is 0 Å². The number of hydrogen-bond donors (Lipinski definition) is 0. The van der Waals surface area contributed by atoms with Crippen molar-refractivity contribution in [3.05, 3.63) is 11.8 Å². The van der Waals surface area contributed by atoms with E-state index >= 15 is 0 Å².